The van der Waals surface area contributed by atoms with E-state index in [1.165, 1.54) is 88.2 Å². The summed E-state index contributed by atoms with van der Waals surface area (Å²) in [5, 5.41) is 51.4. The normalized spacial score (nSPS) is 45.3. The molecular formula is C62H106O5. The molecule has 4 unspecified atom stereocenters. The van der Waals surface area contributed by atoms with Crippen molar-refractivity contribution in [2.24, 2.45) is 105 Å². The number of hydrogen-bond donors (Lipinski definition) is 4. The Kier molecular flexibility index (Phi) is 15.7. The molecule has 0 radical (unpaired) electrons. The molecule has 20 atom stereocenters. The maximum atomic E-state index is 13.8. The fourth-order valence-corrected chi connectivity index (χ4v) is 20.4. The summed E-state index contributed by atoms with van der Waals surface area (Å²) in [6, 6.07) is 0. The first-order valence-electron chi connectivity index (χ1n) is 29.5. The molecule has 8 aliphatic rings. The molecule has 0 heterocycles. The monoisotopic (exact) mass is 931 g/mol. The van der Waals surface area contributed by atoms with Gasteiger partial charge in [0.2, 0.25) is 0 Å². The molecule has 67 heavy (non-hydrogen) atoms. The molecule has 0 aliphatic heterocycles. The SMILES string of the molecule is CCCC(O)(OC(O)(CCC)C1C[C@H](O)CC2=CC[C@H]3[C@@H]4CC[C@H]([C@H](C)CCCC(C)C)[C@@]4(C)CC[C@@H]3[C@@]21C)C1C[C@H](O)CC2=CC[C@H]3[C@@H]4CC[C@H]([C@H](C)CCCC(C)C)[C@@]4(C)CC[C@@H]3[C@@]21C. The minimum absolute atomic E-state index is 0.336. The molecule has 0 aromatic rings. The largest absolute Gasteiger partial charge is 0.393 e. The van der Waals surface area contributed by atoms with Crippen molar-refractivity contribution in [3.05, 3.63) is 23.3 Å². The van der Waals surface area contributed by atoms with Crippen molar-refractivity contribution in [1.82, 2.24) is 0 Å². The number of aliphatic hydroxyl groups is 4. The summed E-state index contributed by atoms with van der Waals surface area (Å²) >= 11 is 0. The van der Waals surface area contributed by atoms with Gasteiger partial charge in [-0.05, 0) is 183 Å². The van der Waals surface area contributed by atoms with Gasteiger partial charge in [0.05, 0.1) is 12.2 Å². The number of allylic oxidation sites excluding steroid dienone is 2. The Morgan fingerprint density at radius 2 is 0.955 bits per heavy atom. The lowest BCUT2D eigenvalue weighted by Gasteiger charge is -2.64. The van der Waals surface area contributed by atoms with Crippen molar-refractivity contribution in [1.29, 1.82) is 0 Å². The molecular weight excluding hydrogens is 825 g/mol. The highest BCUT2D eigenvalue weighted by Gasteiger charge is 2.68. The molecule has 0 saturated heterocycles. The molecule has 0 spiro atoms. The number of rotatable bonds is 18. The van der Waals surface area contributed by atoms with Crippen LogP contribution < -0.4 is 0 Å². The minimum Gasteiger partial charge on any atom is -0.393 e. The van der Waals surface area contributed by atoms with E-state index in [-0.39, 0.29) is 22.7 Å². The van der Waals surface area contributed by atoms with Gasteiger partial charge in [0.25, 0.3) is 0 Å². The van der Waals surface area contributed by atoms with Gasteiger partial charge in [-0.15, -0.1) is 0 Å². The highest BCUT2D eigenvalue weighted by molar-refractivity contribution is 5.31. The van der Waals surface area contributed by atoms with Gasteiger partial charge in [-0.1, -0.05) is 158 Å². The predicted molar refractivity (Wildman–Crippen MR) is 277 cm³/mol. The van der Waals surface area contributed by atoms with Crippen molar-refractivity contribution in [3.8, 4) is 0 Å². The summed E-state index contributed by atoms with van der Waals surface area (Å²) in [5.41, 5.74) is 2.70. The maximum Gasteiger partial charge on any atom is 0.172 e. The third-order valence-corrected chi connectivity index (χ3v) is 23.5. The van der Waals surface area contributed by atoms with Crippen LogP contribution in [-0.2, 0) is 4.74 Å². The Morgan fingerprint density at radius 1 is 0.567 bits per heavy atom. The Labute approximate surface area is 412 Å². The van der Waals surface area contributed by atoms with E-state index in [1.54, 1.807) is 0 Å². The van der Waals surface area contributed by atoms with E-state index in [0.29, 0.717) is 84.9 Å². The van der Waals surface area contributed by atoms with Crippen LogP contribution in [0.4, 0.5) is 0 Å². The van der Waals surface area contributed by atoms with Gasteiger partial charge in [-0.3, -0.25) is 0 Å². The fraction of sp³-hybridized carbons (Fsp3) is 0.935. The number of hydrogen-bond acceptors (Lipinski definition) is 5. The lowest BCUT2D eigenvalue weighted by molar-refractivity contribution is -0.396. The first-order valence-corrected chi connectivity index (χ1v) is 29.5. The summed E-state index contributed by atoms with van der Waals surface area (Å²) in [6.45, 7) is 29.2. The average Bonchev–Trinajstić information content (AvgIpc) is 3.80. The fourth-order valence-electron chi connectivity index (χ4n) is 20.4. The van der Waals surface area contributed by atoms with Crippen LogP contribution in [0.2, 0.25) is 0 Å². The van der Waals surface area contributed by atoms with Crippen LogP contribution in [0.3, 0.4) is 0 Å². The molecule has 0 aromatic carbocycles. The quantitative estimate of drug-likeness (QED) is 0.0812. The van der Waals surface area contributed by atoms with Crippen LogP contribution in [0.15, 0.2) is 23.3 Å². The third kappa shape index (κ3) is 9.12. The van der Waals surface area contributed by atoms with Crippen molar-refractivity contribution in [2.45, 2.75) is 261 Å². The zero-order valence-corrected chi connectivity index (χ0v) is 45.6. The lowest BCUT2D eigenvalue weighted by Crippen LogP contribution is -2.65. The van der Waals surface area contributed by atoms with Crippen molar-refractivity contribution >= 4 is 0 Å². The number of fused-ring (bicyclic) bond motifs is 10. The molecule has 6 saturated carbocycles. The molecule has 4 N–H and O–H groups in total. The van der Waals surface area contributed by atoms with E-state index in [1.807, 2.05) is 0 Å². The van der Waals surface area contributed by atoms with Crippen molar-refractivity contribution in [2.75, 3.05) is 0 Å². The van der Waals surface area contributed by atoms with Crippen LogP contribution in [0.5, 0.6) is 0 Å². The van der Waals surface area contributed by atoms with Gasteiger partial charge in [0.1, 0.15) is 0 Å². The summed E-state index contributed by atoms with van der Waals surface area (Å²) in [4.78, 5) is 0. The Bertz CT molecular complexity index is 1630. The van der Waals surface area contributed by atoms with E-state index in [4.69, 9.17) is 4.74 Å². The molecule has 6 fully saturated rings. The summed E-state index contributed by atoms with van der Waals surface area (Å²) < 4.78 is 7.52. The maximum absolute atomic E-state index is 13.8. The van der Waals surface area contributed by atoms with Gasteiger partial charge in [-0.2, -0.15) is 0 Å². The first kappa shape index (κ1) is 52.6. The van der Waals surface area contributed by atoms with E-state index in [0.717, 1.165) is 74.0 Å². The standard InChI is InChI=1S/C62H106O5/c1-13-31-61(65,55-37-45(63)35-43-21-23-47-51-27-25-49(41(7)19-15-17-39(3)4)57(51,9)33-29-53(47)59(43,55)11)67-62(66,32-14-2)56-38-46(64)36-44-22-24-48-52-28-26-50(42(8)20-16-18-40(5)6)58(52,10)34-30-54(48)60(44,56)12/h21-22,39-42,45-56,63-66H,13-20,23-38H2,1-12H3/t41-,42-,45-,46-,47+,48+,49-,50-,51+,52+,53+,54+,55?,56?,57-,58-,59-,60-,61?,62?/m1/s1. The molecule has 5 nitrogen and oxygen atoms in total. The highest BCUT2D eigenvalue weighted by atomic mass is 16.7. The molecule has 0 bridgehead atoms. The second kappa shape index (κ2) is 19.9. The van der Waals surface area contributed by atoms with Gasteiger partial charge in [0, 0.05) is 24.7 Å². The lowest BCUT2D eigenvalue weighted by atomic mass is 9.43. The summed E-state index contributed by atoms with van der Waals surface area (Å²) in [5.74, 6) is 3.96. The van der Waals surface area contributed by atoms with E-state index >= 15 is 0 Å². The van der Waals surface area contributed by atoms with Crippen molar-refractivity contribution in [3.63, 3.8) is 0 Å². The van der Waals surface area contributed by atoms with Crippen LogP contribution in [0.1, 0.15) is 237 Å². The van der Waals surface area contributed by atoms with Crippen LogP contribution in [0.25, 0.3) is 0 Å². The Balaban J connectivity index is 1.09. The Hall–Kier alpha value is -0.720. The van der Waals surface area contributed by atoms with Crippen molar-refractivity contribution < 1.29 is 25.2 Å². The summed E-state index contributed by atoms with van der Waals surface area (Å²) in [7, 11) is 0. The zero-order valence-electron chi connectivity index (χ0n) is 45.6. The third-order valence-electron chi connectivity index (χ3n) is 23.5. The second-order valence-corrected chi connectivity index (χ2v) is 27.9. The van der Waals surface area contributed by atoms with Gasteiger partial charge < -0.3 is 25.2 Å². The molecule has 8 rings (SSSR count). The van der Waals surface area contributed by atoms with E-state index < -0.39 is 23.8 Å². The zero-order chi connectivity index (χ0) is 48.5. The van der Waals surface area contributed by atoms with Gasteiger partial charge >= 0.3 is 0 Å². The van der Waals surface area contributed by atoms with Gasteiger partial charge in [-0.25, -0.2) is 0 Å². The summed E-state index contributed by atoms with van der Waals surface area (Å²) in [6.07, 6.45) is 28.9. The molecule has 384 valence electrons. The highest BCUT2D eigenvalue weighted by Crippen LogP contribution is 2.72. The van der Waals surface area contributed by atoms with E-state index in [2.05, 4.69) is 95.2 Å². The average molecular weight is 932 g/mol. The van der Waals surface area contributed by atoms with E-state index in [9.17, 15) is 20.4 Å². The number of aliphatic hydroxyl groups excluding tert-OH is 2. The second-order valence-electron chi connectivity index (χ2n) is 27.9. The minimum atomic E-state index is -1.63. The molecule has 5 heteroatoms. The van der Waals surface area contributed by atoms with Crippen LogP contribution in [0, 0.1) is 105 Å². The van der Waals surface area contributed by atoms with Crippen LogP contribution in [-0.4, -0.2) is 44.2 Å². The topological polar surface area (TPSA) is 90.2 Å². The molecule has 8 aliphatic carbocycles. The smallest absolute Gasteiger partial charge is 0.172 e. The Morgan fingerprint density at radius 3 is 1.31 bits per heavy atom. The van der Waals surface area contributed by atoms with Crippen LogP contribution >= 0.6 is 0 Å². The number of ether oxygens (including phenoxy) is 1. The van der Waals surface area contributed by atoms with Gasteiger partial charge in [0.15, 0.2) is 11.6 Å². The molecule has 0 amide bonds. The predicted octanol–water partition coefficient (Wildman–Crippen LogP) is 15.2. The molecule has 0 aromatic heterocycles. The first-order chi connectivity index (χ1) is 31.6.